The van der Waals surface area contributed by atoms with Gasteiger partial charge in [-0.2, -0.15) is 0 Å². The summed E-state index contributed by atoms with van der Waals surface area (Å²) < 4.78 is 0. The van der Waals surface area contributed by atoms with Gasteiger partial charge in [-0.05, 0) is 27.2 Å². The van der Waals surface area contributed by atoms with E-state index in [1.165, 1.54) is 0 Å². The van der Waals surface area contributed by atoms with Crippen LogP contribution in [0.3, 0.4) is 0 Å². The van der Waals surface area contributed by atoms with E-state index in [-0.39, 0.29) is 0 Å². The summed E-state index contributed by atoms with van der Waals surface area (Å²) >= 11 is 6.03. The number of aromatic nitrogens is 2. The first-order valence-corrected chi connectivity index (χ1v) is 5.58. The van der Waals surface area contributed by atoms with E-state index in [0.29, 0.717) is 11.2 Å². The number of nitrogens with zero attached hydrogens (tertiary/aromatic N) is 3. The van der Waals surface area contributed by atoms with Crippen molar-refractivity contribution in [1.82, 2.24) is 9.97 Å². The van der Waals surface area contributed by atoms with Gasteiger partial charge >= 0.3 is 0 Å². The van der Waals surface area contributed by atoms with Crippen molar-refractivity contribution < 1.29 is 0 Å². The zero-order valence-corrected chi connectivity index (χ0v) is 10.8. The van der Waals surface area contributed by atoms with Gasteiger partial charge in [0.15, 0.2) is 0 Å². The van der Waals surface area contributed by atoms with E-state index in [2.05, 4.69) is 28.7 Å². The smallest absolute Gasteiger partial charge is 0.137 e. The van der Waals surface area contributed by atoms with E-state index in [4.69, 9.17) is 11.6 Å². The van der Waals surface area contributed by atoms with Crippen molar-refractivity contribution in [2.24, 2.45) is 0 Å². The van der Waals surface area contributed by atoms with Crippen molar-refractivity contribution in [3.05, 3.63) is 16.5 Å². The van der Waals surface area contributed by atoms with Gasteiger partial charge in [-0.3, -0.25) is 0 Å². The summed E-state index contributed by atoms with van der Waals surface area (Å²) in [6.45, 7) is 8.15. The number of halogens is 1. The summed E-state index contributed by atoms with van der Waals surface area (Å²) in [5, 5.41) is 0.549. The second kappa shape index (κ2) is 4.79. The van der Waals surface area contributed by atoms with E-state index < -0.39 is 0 Å². The van der Waals surface area contributed by atoms with Crippen LogP contribution in [-0.2, 0) is 0 Å². The molecule has 1 rings (SSSR count). The van der Waals surface area contributed by atoms with E-state index in [1.807, 2.05) is 20.9 Å². The summed E-state index contributed by atoms with van der Waals surface area (Å²) in [7, 11) is 2.04. The van der Waals surface area contributed by atoms with Crippen LogP contribution < -0.4 is 4.90 Å². The van der Waals surface area contributed by atoms with Crippen LogP contribution in [0.5, 0.6) is 0 Å². The lowest BCUT2D eigenvalue weighted by molar-refractivity contribution is 0.653. The number of hydrogen-bond donors (Lipinski definition) is 0. The minimum Gasteiger partial charge on any atom is -0.357 e. The van der Waals surface area contributed by atoms with E-state index in [1.54, 1.807) is 0 Å². The first-order chi connectivity index (χ1) is 6.97. The molecule has 84 valence electrons. The Morgan fingerprint density at radius 3 is 2.47 bits per heavy atom. The van der Waals surface area contributed by atoms with Crippen LogP contribution in [0.1, 0.15) is 31.7 Å². The Hall–Kier alpha value is -0.830. The fourth-order valence-electron chi connectivity index (χ4n) is 1.41. The van der Waals surface area contributed by atoms with Crippen LogP contribution in [0.2, 0.25) is 5.15 Å². The van der Waals surface area contributed by atoms with Crippen molar-refractivity contribution in [3.63, 3.8) is 0 Å². The minimum atomic E-state index is 0.453. The maximum atomic E-state index is 6.03. The third kappa shape index (κ3) is 2.59. The summed E-state index contributed by atoms with van der Waals surface area (Å²) in [5.74, 6) is 1.65. The molecule has 15 heavy (non-hydrogen) atoms. The average molecular weight is 228 g/mol. The summed E-state index contributed by atoms with van der Waals surface area (Å²) in [4.78, 5) is 10.7. The topological polar surface area (TPSA) is 29.0 Å². The largest absolute Gasteiger partial charge is 0.357 e. The predicted octanol–water partition coefficient (Wildman–Crippen LogP) is 2.98. The lowest BCUT2D eigenvalue weighted by Gasteiger charge is -2.26. The van der Waals surface area contributed by atoms with Gasteiger partial charge in [0.05, 0.1) is 0 Å². The molecule has 0 aliphatic rings. The van der Waals surface area contributed by atoms with Gasteiger partial charge in [0, 0.05) is 18.7 Å². The molecule has 4 heteroatoms. The molecule has 3 nitrogen and oxygen atoms in total. The molecule has 0 radical (unpaired) electrons. The van der Waals surface area contributed by atoms with Gasteiger partial charge in [-0.25, -0.2) is 9.97 Å². The summed E-state index contributed by atoms with van der Waals surface area (Å²) in [5.41, 5.74) is 0.949. The van der Waals surface area contributed by atoms with Gasteiger partial charge < -0.3 is 4.90 Å². The average Bonchev–Trinajstić information content (AvgIpc) is 2.21. The van der Waals surface area contributed by atoms with Crippen molar-refractivity contribution in [2.45, 2.75) is 40.2 Å². The van der Waals surface area contributed by atoms with Crippen LogP contribution in [0, 0.1) is 13.8 Å². The molecule has 1 atom stereocenters. The molecule has 0 amide bonds. The van der Waals surface area contributed by atoms with Crippen LogP contribution >= 0.6 is 11.6 Å². The first-order valence-electron chi connectivity index (χ1n) is 5.21. The molecule has 0 bridgehead atoms. The van der Waals surface area contributed by atoms with Crippen molar-refractivity contribution in [1.29, 1.82) is 0 Å². The highest BCUT2D eigenvalue weighted by Crippen LogP contribution is 2.24. The van der Waals surface area contributed by atoms with Crippen molar-refractivity contribution >= 4 is 17.4 Å². The van der Waals surface area contributed by atoms with E-state index >= 15 is 0 Å². The molecule has 0 saturated heterocycles. The molecule has 0 aromatic carbocycles. The number of anilines is 1. The highest BCUT2D eigenvalue weighted by molar-refractivity contribution is 6.30. The quantitative estimate of drug-likeness (QED) is 0.744. The molecule has 1 aromatic rings. The Kier molecular flexibility index (Phi) is 3.91. The minimum absolute atomic E-state index is 0.453. The number of rotatable bonds is 3. The van der Waals surface area contributed by atoms with Crippen LogP contribution in [-0.4, -0.2) is 23.1 Å². The first kappa shape index (κ1) is 12.2. The fraction of sp³-hybridized carbons (Fsp3) is 0.636. The molecular formula is C11H18ClN3. The summed E-state index contributed by atoms with van der Waals surface area (Å²) in [6.07, 6.45) is 1.08. The Labute approximate surface area is 96.5 Å². The maximum Gasteiger partial charge on any atom is 0.137 e. The normalized spacial score (nSPS) is 12.7. The lowest BCUT2D eigenvalue weighted by atomic mass is 10.2. The molecule has 0 N–H and O–H groups in total. The predicted molar refractivity (Wildman–Crippen MR) is 64.7 cm³/mol. The van der Waals surface area contributed by atoms with Crippen molar-refractivity contribution in [2.75, 3.05) is 11.9 Å². The zero-order chi connectivity index (χ0) is 11.6. The zero-order valence-electron chi connectivity index (χ0n) is 10.0. The standard InChI is InChI=1S/C11H18ClN3/c1-6-7(2)15(5)11-8(3)10(12)13-9(4)14-11/h7H,6H2,1-5H3. The number of hydrogen-bond acceptors (Lipinski definition) is 3. The molecule has 0 aliphatic carbocycles. The van der Waals surface area contributed by atoms with E-state index in [0.717, 1.165) is 23.6 Å². The fourth-order valence-corrected chi connectivity index (χ4v) is 1.61. The molecule has 1 heterocycles. The van der Waals surface area contributed by atoms with Gasteiger partial charge in [0.25, 0.3) is 0 Å². The summed E-state index contributed by atoms with van der Waals surface area (Å²) in [6, 6.07) is 0.453. The molecule has 0 fully saturated rings. The monoisotopic (exact) mass is 227 g/mol. The Balaban J connectivity index is 3.13. The molecule has 0 spiro atoms. The third-order valence-corrected chi connectivity index (χ3v) is 3.13. The second-order valence-electron chi connectivity index (χ2n) is 3.88. The van der Waals surface area contributed by atoms with Gasteiger partial charge in [0.1, 0.15) is 16.8 Å². The van der Waals surface area contributed by atoms with Crippen molar-refractivity contribution in [3.8, 4) is 0 Å². The number of aryl methyl sites for hydroxylation is 1. The second-order valence-corrected chi connectivity index (χ2v) is 4.24. The molecule has 0 saturated carbocycles. The lowest BCUT2D eigenvalue weighted by Crippen LogP contribution is -2.29. The molecular weight excluding hydrogens is 210 g/mol. The van der Waals surface area contributed by atoms with Gasteiger partial charge in [-0.1, -0.05) is 18.5 Å². The van der Waals surface area contributed by atoms with Crippen LogP contribution in [0.25, 0.3) is 0 Å². The highest BCUT2D eigenvalue weighted by Gasteiger charge is 2.14. The van der Waals surface area contributed by atoms with Gasteiger partial charge in [-0.15, -0.1) is 0 Å². The SMILES string of the molecule is CCC(C)N(C)c1nc(C)nc(Cl)c1C. The Morgan fingerprint density at radius 1 is 1.33 bits per heavy atom. The third-order valence-electron chi connectivity index (χ3n) is 2.76. The van der Waals surface area contributed by atoms with Crippen LogP contribution in [0.4, 0.5) is 5.82 Å². The van der Waals surface area contributed by atoms with Gasteiger partial charge in [0.2, 0.25) is 0 Å². The van der Waals surface area contributed by atoms with E-state index in [9.17, 15) is 0 Å². The van der Waals surface area contributed by atoms with Crippen LogP contribution in [0.15, 0.2) is 0 Å². The molecule has 0 aliphatic heterocycles. The molecule has 1 unspecified atom stereocenters. The maximum absolute atomic E-state index is 6.03. The molecule has 1 aromatic heterocycles. The Bertz CT molecular complexity index is 352. The Morgan fingerprint density at radius 2 is 1.93 bits per heavy atom. The highest BCUT2D eigenvalue weighted by atomic mass is 35.5.